The highest BCUT2D eigenvalue weighted by Crippen LogP contribution is 2.44. The van der Waals surface area contributed by atoms with Crippen molar-refractivity contribution in [2.75, 3.05) is 6.54 Å². The summed E-state index contributed by atoms with van der Waals surface area (Å²) in [5, 5.41) is 20.2. The molecule has 6 nitrogen and oxygen atoms in total. The van der Waals surface area contributed by atoms with E-state index in [1.165, 1.54) is 19.1 Å². The number of aryl methyl sites for hydroxylation is 1. The van der Waals surface area contributed by atoms with Crippen LogP contribution in [-0.2, 0) is 14.8 Å². The Kier molecular flexibility index (Phi) is 4.10. The topological polar surface area (TPSA) is 94.9 Å². The number of sulfonamides is 1. The lowest BCUT2D eigenvalue weighted by atomic mass is 9.80. The maximum atomic E-state index is 12.9. The maximum Gasteiger partial charge on any atom is 0.328 e. The number of aliphatic carboxylic acids is 1. The molecule has 1 aliphatic heterocycles. The Balaban J connectivity index is 2.59. The Morgan fingerprint density at radius 1 is 1.32 bits per heavy atom. The Morgan fingerprint density at radius 3 is 2.32 bits per heavy atom. The molecule has 2 rings (SSSR count). The molecule has 1 fully saturated rings. The number of benzene rings is 1. The zero-order chi connectivity index (χ0) is 16.8. The van der Waals surface area contributed by atoms with Crippen LogP contribution in [0.15, 0.2) is 29.2 Å². The van der Waals surface area contributed by atoms with E-state index < -0.39 is 27.1 Å². The van der Waals surface area contributed by atoms with Crippen LogP contribution in [0.4, 0.5) is 0 Å². The molecule has 1 heterocycles. The summed E-state index contributed by atoms with van der Waals surface area (Å²) < 4.78 is 26.7. The van der Waals surface area contributed by atoms with E-state index in [1.54, 1.807) is 19.1 Å². The second-order valence-corrected chi connectivity index (χ2v) is 7.80. The predicted molar refractivity (Wildman–Crippen MR) is 81.0 cm³/mol. The summed E-state index contributed by atoms with van der Waals surface area (Å²) in [5.41, 5.74) is -2.56. The van der Waals surface area contributed by atoms with Crippen LogP contribution in [0.1, 0.15) is 32.3 Å². The third kappa shape index (κ3) is 2.24. The number of aliphatic hydroxyl groups is 1. The van der Waals surface area contributed by atoms with Crippen molar-refractivity contribution in [1.29, 1.82) is 0 Å². The van der Waals surface area contributed by atoms with Gasteiger partial charge in [0.25, 0.3) is 0 Å². The Labute approximate surface area is 130 Å². The molecular formula is C15H21NO5S. The van der Waals surface area contributed by atoms with Crippen LogP contribution in [0.25, 0.3) is 0 Å². The molecule has 0 radical (unpaired) electrons. The van der Waals surface area contributed by atoms with Gasteiger partial charge in [0.05, 0.1) is 10.5 Å². The van der Waals surface area contributed by atoms with E-state index in [-0.39, 0.29) is 24.3 Å². The lowest BCUT2D eigenvalue weighted by Crippen LogP contribution is -2.62. The summed E-state index contributed by atoms with van der Waals surface area (Å²) in [6.07, 6.45) is 0.0681. The Bertz CT molecular complexity index is 680. The van der Waals surface area contributed by atoms with Crippen LogP contribution in [0.5, 0.6) is 0 Å². The number of carbonyl (C=O) groups is 1. The molecule has 1 saturated heterocycles. The van der Waals surface area contributed by atoms with Gasteiger partial charge in [-0.2, -0.15) is 4.31 Å². The minimum atomic E-state index is -4.00. The highest BCUT2D eigenvalue weighted by molar-refractivity contribution is 7.89. The summed E-state index contributed by atoms with van der Waals surface area (Å²) in [5.74, 6) is -1.33. The molecule has 1 aliphatic rings. The van der Waals surface area contributed by atoms with Crippen LogP contribution in [0.3, 0.4) is 0 Å². The monoisotopic (exact) mass is 327 g/mol. The molecule has 22 heavy (non-hydrogen) atoms. The normalized spacial score (nSPS) is 29.6. The van der Waals surface area contributed by atoms with Crippen molar-refractivity contribution < 1.29 is 23.4 Å². The quantitative estimate of drug-likeness (QED) is 0.871. The van der Waals surface area contributed by atoms with E-state index in [9.17, 15) is 23.4 Å². The van der Waals surface area contributed by atoms with Crippen molar-refractivity contribution in [3.63, 3.8) is 0 Å². The smallest absolute Gasteiger partial charge is 0.328 e. The van der Waals surface area contributed by atoms with Gasteiger partial charge in [0.1, 0.15) is 0 Å². The third-order valence-corrected chi connectivity index (χ3v) is 6.54. The lowest BCUT2D eigenvalue weighted by Gasteiger charge is -2.40. The number of nitrogens with zero attached hydrogens (tertiary/aromatic N) is 1. The van der Waals surface area contributed by atoms with Gasteiger partial charge in [0, 0.05) is 6.54 Å². The van der Waals surface area contributed by atoms with Crippen molar-refractivity contribution in [3.8, 4) is 0 Å². The van der Waals surface area contributed by atoms with E-state index in [1.807, 2.05) is 6.92 Å². The fourth-order valence-corrected chi connectivity index (χ4v) is 5.07. The van der Waals surface area contributed by atoms with E-state index in [0.29, 0.717) is 0 Å². The van der Waals surface area contributed by atoms with E-state index in [0.717, 1.165) is 9.87 Å². The second kappa shape index (κ2) is 5.33. The first-order valence-electron chi connectivity index (χ1n) is 7.15. The molecule has 0 saturated carbocycles. The fourth-order valence-electron chi connectivity index (χ4n) is 3.19. The number of rotatable bonds is 4. The minimum absolute atomic E-state index is 0.0135. The first-order chi connectivity index (χ1) is 10.1. The molecule has 7 heteroatoms. The molecule has 1 unspecified atom stereocenters. The maximum absolute atomic E-state index is 12.9. The van der Waals surface area contributed by atoms with Crippen molar-refractivity contribution in [1.82, 2.24) is 4.31 Å². The van der Waals surface area contributed by atoms with Crippen molar-refractivity contribution >= 4 is 16.0 Å². The van der Waals surface area contributed by atoms with Gasteiger partial charge in [-0.1, -0.05) is 24.6 Å². The van der Waals surface area contributed by atoms with Crippen LogP contribution in [0, 0.1) is 6.92 Å². The first-order valence-corrected chi connectivity index (χ1v) is 8.59. The van der Waals surface area contributed by atoms with Crippen molar-refractivity contribution in [3.05, 3.63) is 29.8 Å². The van der Waals surface area contributed by atoms with Crippen LogP contribution >= 0.6 is 0 Å². The molecule has 0 aromatic heterocycles. The van der Waals surface area contributed by atoms with Gasteiger partial charge in [-0.15, -0.1) is 0 Å². The first kappa shape index (κ1) is 16.9. The highest BCUT2D eigenvalue weighted by Gasteiger charge is 2.64. The molecule has 0 aliphatic carbocycles. The fraction of sp³-hybridized carbons (Fsp3) is 0.533. The summed E-state index contributed by atoms with van der Waals surface area (Å²) in [7, 11) is -4.00. The molecule has 1 aromatic rings. The summed E-state index contributed by atoms with van der Waals surface area (Å²) >= 11 is 0. The molecule has 122 valence electrons. The van der Waals surface area contributed by atoms with Crippen molar-refractivity contribution in [2.24, 2.45) is 0 Å². The molecule has 2 atom stereocenters. The molecule has 1 aromatic carbocycles. The summed E-state index contributed by atoms with van der Waals surface area (Å²) in [4.78, 5) is 11.9. The average molecular weight is 327 g/mol. The predicted octanol–water partition coefficient (Wildman–Crippen LogP) is 1.37. The van der Waals surface area contributed by atoms with Gasteiger partial charge in [-0.05, 0) is 38.8 Å². The van der Waals surface area contributed by atoms with Crippen molar-refractivity contribution in [2.45, 2.75) is 49.6 Å². The van der Waals surface area contributed by atoms with E-state index in [4.69, 9.17) is 0 Å². The van der Waals surface area contributed by atoms with Crippen LogP contribution in [0.2, 0.25) is 0 Å². The Morgan fingerprint density at radius 2 is 1.86 bits per heavy atom. The van der Waals surface area contributed by atoms with Gasteiger partial charge in [-0.3, -0.25) is 4.79 Å². The molecule has 0 amide bonds. The zero-order valence-corrected chi connectivity index (χ0v) is 13.7. The van der Waals surface area contributed by atoms with Crippen LogP contribution < -0.4 is 0 Å². The summed E-state index contributed by atoms with van der Waals surface area (Å²) in [6, 6.07) is 6.24. The highest BCUT2D eigenvalue weighted by atomic mass is 32.2. The standard InChI is InChI=1S/C15H21NO5S/c1-4-15(13(17)18)14(3,19)9-10-16(15)22(20,21)12-7-5-11(2)6-8-12/h5-8,19H,4,9-10H2,1-3H3,(H,17,18)/t14?,15-/m1/s1. The molecule has 2 N–H and O–H groups in total. The largest absolute Gasteiger partial charge is 0.480 e. The molecular weight excluding hydrogens is 306 g/mol. The Hall–Kier alpha value is -1.44. The van der Waals surface area contributed by atoms with Gasteiger partial charge in [0.2, 0.25) is 10.0 Å². The number of carboxylic acid groups (broad SMARTS) is 1. The molecule has 0 bridgehead atoms. The van der Waals surface area contributed by atoms with Gasteiger partial charge >= 0.3 is 5.97 Å². The SMILES string of the molecule is CC[C@]1(C(=O)O)N(S(=O)(=O)c2ccc(C)cc2)CCC1(C)O. The van der Waals surface area contributed by atoms with E-state index >= 15 is 0 Å². The summed E-state index contributed by atoms with van der Waals surface area (Å²) in [6.45, 7) is 4.77. The van der Waals surface area contributed by atoms with Crippen LogP contribution in [-0.4, -0.2) is 46.6 Å². The third-order valence-electron chi connectivity index (χ3n) is 4.59. The molecule has 0 spiro atoms. The van der Waals surface area contributed by atoms with Gasteiger partial charge in [-0.25, -0.2) is 8.42 Å². The number of hydrogen-bond donors (Lipinski definition) is 2. The average Bonchev–Trinajstić information content (AvgIpc) is 2.71. The second-order valence-electron chi connectivity index (χ2n) is 5.93. The minimum Gasteiger partial charge on any atom is -0.480 e. The number of carboxylic acids is 1. The van der Waals surface area contributed by atoms with E-state index in [2.05, 4.69) is 0 Å². The zero-order valence-electron chi connectivity index (χ0n) is 12.9. The lowest BCUT2D eigenvalue weighted by molar-refractivity contribution is -0.158. The van der Waals surface area contributed by atoms with Gasteiger partial charge in [0.15, 0.2) is 5.54 Å². The number of hydrogen-bond acceptors (Lipinski definition) is 4. The van der Waals surface area contributed by atoms with Gasteiger partial charge < -0.3 is 10.2 Å².